The third-order valence-electron chi connectivity index (χ3n) is 21.5. The number of aromatic nitrogens is 8. The van der Waals surface area contributed by atoms with Gasteiger partial charge < -0.3 is 56.7 Å². The smallest absolute Gasteiger partial charge is 0.744 e. The van der Waals surface area contributed by atoms with Crippen LogP contribution < -0.4 is 9.47 Å². The first-order valence-electron chi connectivity index (χ1n) is 39.3. The van der Waals surface area contributed by atoms with Crippen LogP contribution >= 0.6 is 0 Å². The zero-order chi connectivity index (χ0) is 93.4. The summed E-state index contributed by atoms with van der Waals surface area (Å²) in [5.74, 6) is -0.660. The number of carbonyl (C=O) groups is 2. The molecule has 0 fully saturated rings. The zero-order valence-corrected chi connectivity index (χ0v) is 84.3. The molecule has 8 aromatic carbocycles. The standard InChI is InChI=1S/2C48H34N4O11S3.3Zn/c2*1-27(2)48(53)63-32-11-3-28(4-12-32)44-36-19-21-38(49-36)45(29-5-13-33(14-6-29)64(54,55)56)40-23-25-42(51-40)47(31-9-17-35(18-10-31)66(60,61)62)43-26-24-41(52-43)46(39-22-20-37(44)50-39)30-7-15-34(16-8-30)65(57,58)59;;;/h2*3-26,49,52H,1H2,2H3,(H,54,55,56)(H,57,58,59)(H,60,61,62);;;/q;;3*+2/p-6. The van der Waals surface area contributed by atoms with Gasteiger partial charge in [0.1, 0.15) is 72.2 Å². The number of nitrogens with one attached hydrogen (secondary N) is 4. The Morgan fingerprint density at radius 2 is 0.356 bits per heavy atom. The number of carbonyl (C=O) groups excluding carboxylic acids is 2. The van der Waals surface area contributed by atoms with Crippen molar-refractivity contribution < 1.29 is 155 Å². The fraction of sp³-hybridized carbons (Fsp3) is 0.0208. The topological polar surface area (TPSA) is 511 Å². The first-order chi connectivity index (χ1) is 62.6. The van der Waals surface area contributed by atoms with Gasteiger partial charge in [-0.1, -0.05) is 110 Å². The molecule has 14 aromatic rings. The fourth-order valence-corrected chi connectivity index (χ4v) is 18.2. The third-order valence-corrected chi connectivity index (χ3v) is 26.6. The summed E-state index contributed by atoms with van der Waals surface area (Å²) >= 11 is 0. The van der Waals surface area contributed by atoms with Gasteiger partial charge in [0, 0.05) is 99.8 Å². The Bertz CT molecular complexity index is 7900. The number of nitrogens with zero attached hydrogens (tertiary/aromatic N) is 4. The Morgan fingerprint density at radius 1 is 0.230 bits per heavy atom. The van der Waals surface area contributed by atoms with E-state index in [9.17, 15) is 87.4 Å². The SMILES string of the molecule is C=C(C)C(=O)Oc1ccc(-c2c3nc(c(-c4ccc(S(=O)(=O)[O-])cc4)c4ccc([nH]4)c(-c4ccc(S(=O)(=O)[O-])cc4)c4nc(c(-c5ccc(S(=O)(=O)[O-])cc5)c5ccc2[nH]5)C=C4)C=C3)cc1.C=C(C)C(=O)Oc1ccc(-c2c3nc(c(-c4ccc(S(=O)(=O)[O-])cc4)c4ccc([nH]4)c(-c4ccc(S(=O)(=O)[O-])cc4)c4nc(c(-c5ccc(S(=O)(=O)[O-])cc5)c5ccc2[nH]5)C=C4)C=C3)cc1.[Zn+2].[Zn+2].[Zn+2]. The van der Waals surface area contributed by atoms with Crippen molar-refractivity contribution in [2.45, 2.75) is 43.2 Å². The van der Waals surface area contributed by atoms with E-state index in [-0.39, 0.29) is 81.1 Å². The summed E-state index contributed by atoms with van der Waals surface area (Å²) in [6, 6.07) is 60.1. The van der Waals surface area contributed by atoms with Crippen molar-refractivity contribution in [1.29, 1.82) is 0 Å². The van der Waals surface area contributed by atoms with Gasteiger partial charge in [0.25, 0.3) is 0 Å². The van der Waals surface area contributed by atoms with Crippen LogP contribution in [-0.4, -0.2) is 130 Å². The molecule has 16 bridgehead atoms. The van der Waals surface area contributed by atoms with Crippen molar-refractivity contribution in [2.75, 3.05) is 0 Å². The molecule has 39 heteroatoms. The van der Waals surface area contributed by atoms with Gasteiger partial charge >= 0.3 is 70.4 Å². The molecule has 0 atom stereocenters. The minimum atomic E-state index is -4.79. The Kier molecular flexibility index (Phi) is 27.7. The predicted molar refractivity (Wildman–Crippen MR) is 490 cm³/mol. The average Bonchev–Trinajstić information content (AvgIpc) is 1.61. The van der Waals surface area contributed by atoms with Crippen LogP contribution in [0.2, 0.25) is 0 Å². The van der Waals surface area contributed by atoms with Gasteiger partial charge in [-0.2, -0.15) is 0 Å². The van der Waals surface area contributed by atoms with Crippen LogP contribution in [0.25, 0.3) is 182 Å². The summed E-state index contributed by atoms with van der Waals surface area (Å²) in [6.45, 7) is 10.4. The van der Waals surface area contributed by atoms with Gasteiger partial charge in [-0.3, -0.25) is 0 Å². The number of hydrogen-bond acceptors (Lipinski definition) is 26. The maximum Gasteiger partial charge on any atom is 2.00 e. The molecule has 6 aromatic heterocycles. The molecule has 0 spiro atoms. The Balaban J connectivity index is 0.000000212. The predicted octanol–water partition coefficient (Wildman–Crippen LogP) is 17.0. The molecule has 0 saturated carbocycles. The van der Waals surface area contributed by atoms with Gasteiger partial charge in [-0.15, -0.1) is 0 Å². The molecule has 0 saturated heterocycles. The van der Waals surface area contributed by atoms with E-state index in [1.807, 2.05) is 12.1 Å². The number of H-pyrrole nitrogens is 4. The van der Waals surface area contributed by atoms with Crippen molar-refractivity contribution in [3.8, 4) is 101 Å². The van der Waals surface area contributed by atoms with Crippen LogP contribution in [0.3, 0.4) is 0 Å². The van der Waals surface area contributed by atoms with Crippen LogP contribution in [0, 0.1) is 0 Å². The number of aromatic amines is 4. The summed E-state index contributed by atoms with van der Waals surface area (Å²) in [6.07, 6.45) is 14.1. The van der Waals surface area contributed by atoms with Crippen LogP contribution in [0.5, 0.6) is 11.5 Å². The summed E-state index contributed by atoms with van der Waals surface area (Å²) < 4.78 is 226. The largest absolute Gasteiger partial charge is 2.00 e. The monoisotopic (exact) mass is 2060 g/mol. The molecule has 10 heterocycles. The number of fused-ring (bicyclic) bond motifs is 16. The first-order valence-corrected chi connectivity index (χ1v) is 47.8. The van der Waals surface area contributed by atoms with Gasteiger partial charge in [0.05, 0.1) is 74.9 Å². The van der Waals surface area contributed by atoms with Crippen LogP contribution in [0.15, 0.2) is 296 Å². The average molecular weight is 2070 g/mol. The number of esters is 2. The molecular formula is C96H62N8O22S6Zn3. The van der Waals surface area contributed by atoms with E-state index in [0.29, 0.717) is 179 Å². The van der Waals surface area contributed by atoms with E-state index in [1.54, 1.807) is 134 Å². The molecule has 4 aliphatic rings. The molecule has 4 aliphatic heterocycles. The maximum atomic E-state index is 12.4. The fourth-order valence-electron chi connectivity index (χ4n) is 15.3. The summed E-state index contributed by atoms with van der Waals surface area (Å²) in [7, 11) is -28.7. The number of rotatable bonds is 18. The molecule has 0 radical (unpaired) electrons. The molecule has 0 unspecified atom stereocenters. The molecular weight excluding hydrogens is 2010 g/mol. The van der Waals surface area contributed by atoms with Crippen molar-refractivity contribution in [1.82, 2.24) is 39.9 Å². The number of hydrogen-bond donors (Lipinski definition) is 4. The maximum absolute atomic E-state index is 12.4. The molecule has 30 nitrogen and oxygen atoms in total. The second kappa shape index (κ2) is 38.2. The summed E-state index contributed by atoms with van der Waals surface area (Å²) in [5, 5.41) is 0. The van der Waals surface area contributed by atoms with Crippen molar-refractivity contribution >= 4 is 165 Å². The van der Waals surface area contributed by atoms with E-state index < -0.39 is 102 Å². The molecule has 0 aliphatic carbocycles. The van der Waals surface area contributed by atoms with Gasteiger partial charge in [0.2, 0.25) is 0 Å². The van der Waals surface area contributed by atoms with Crippen molar-refractivity contribution in [2.24, 2.45) is 0 Å². The van der Waals surface area contributed by atoms with Crippen molar-refractivity contribution in [3.05, 3.63) is 313 Å². The van der Waals surface area contributed by atoms with E-state index >= 15 is 0 Å². The minimum absolute atomic E-state index is 0. The normalized spacial score (nSPS) is 12.3. The molecule has 18 rings (SSSR count). The van der Waals surface area contributed by atoms with Crippen LogP contribution in [0.4, 0.5) is 0 Å². The Labute approximate surface area is 809 Å². The van der Waals surface area contributed by atoms with Crippen LogP contribution in [-0.2, 0) is 129 Å². The van der Waals surface area contributed by atoms with E-state index in [1.165, 1.54) is 159 Å². The second-order valence-electron chi connectivity index (χ2n) is 30.3. The minimum Gasteiger partial charge on any atom is -0.744 e. The van der Waals surface area contributed by atoms with Crippen LogP contribution in [0.1, 0.15) is 59.4 Å². The van der Waals surface area contributed by atoms with E-state index in [4.69, 9.17) is 29.4 Å². The molecule has 0 amide bonds. The van der Waals surface area contributed by atoms with Gasteiger partial charge in [0.15, 0.2) is 0 Å². The van der Waals surface area contributed by atoms with Gasteiger partial charge in [-0.05, 0) is 253 Å². The quantitative estimate of drug-likeness (QED) is 0.0204. The number of ether oxygens (including phenoxy) is 2. The summed E-state index contributed by atoms with van der Waals surface area (Å²) in [4.78, 5) is 56.4. The molecule has 135 heavy (non-hydrogen) atoms. The third kappa shape index (κ3) is 20.7. The molecule has 4 N–H and O–H groups in total. The second-order valence-corrected chi connectivity index (χ2v) is 38.5. The van der Waals surface area contributed by atoms with Gasteiger partial charge in [-0.25, -0.2) is 80.0 Å². The number of benzene rings is 8. The van der Waals surface area contributed by atoms with E-state index in [2.05, 4.69) is 33.1 Å². The Hall–Kier alpha value is -13.3. The summed E-state index contributed by atoms with van der Waals surface area (Å²) in [5.41, 5.74) is 16.3. The van der Waals surface area contributed by atoms with E-state index in [0.717, 1.165) is 0 Å². The van der Waals surface area contributed by atoms with Crippen molar-refractivity contribution in [3.63, 3.8) is 0 Å². The Morgan fingerprint density at radius 3 is 0.474 bits per heavy atom. The first kappa shape index (κ1) is 97.7. The molecule has 660 valence electrons. The zero-order valence-electron chi connectivity index (χ0n) is 70.5.